The van der Waals surface area contributed by atoms with E-state index in [0.717, 1.165) is 43.6 Å². The van der Waals surface area contributed by atoms with E-state index in [0.29, 0.717) is 31.9 Å². The monoisotopic (exact) mass is 421 g/mol. The molecule has 1 aromatic carbocycles. The third-order valence-electron chi connectivity index (χ3n) is 5.45. The number of benzene rings is 1. The van der Waals surface area contributed by atoms with Crippen molar-refractivity contribution in [3.63, 3.8) is 0 Å². The van der Waals surface area contributed by atoms with E-state index < -0.39 is 17.8 Å². The first kappa shape index (κ1) is 20.2. The van der Waals surface area contributed by atoms with Gasteiger partial charge in [0.2, 0.25) is 0 Å². The highest BCUT2D eigenvalue weighted by Gasteiger charge is 2.30. The van der Waals surface area contributed by atoms with E-state index in [-0.39, 0.29) is 11.6 Å². The Hall–Kier alpha value is -3.04. The van der Waals surface area contributed by atoms with Crippen LogP contribution in [-0.2, 0) is 19.1 Å². The molecule has 160 valence electrons. The number of carbonyl (C=O) groups excluding carboxylic acids is 2. The summed E-state index contributed by atoms with van der Waals surface area (Å²) in [6, 6.07) is 5.75. The zero-order chi connectivity index (χ0) is 21.3. The number of urea groups is 1. The van der Waals surface area contributed by atoms with E-state index in [9.17, 15) is 22.8 Å². The highest BCUT2D eigenvalue weighted by molar-refractivity contribution is 5.93. The number of piperazine rings is 1. The van der Waals surface area contributed by atoms with E-state index >= 15 is 0 Å². The largest absolute Gasteiger partial charge is 0.416 e. The molecule has 7 nitrogen and oxygen atoms in total. The standard InChI is InChI=1S/C20H22F3N5O2/c21-20(22,23)14-4-6-15(7-5-14)24-19(30)27-11-9-26(10-12-27)18(29)17-13-16-3-1-2-8-28(16)25-17/h4-7,13H,1-3,8-12H2,(H,24,30). The number of aryl methyl sites for hydroxylation is 2. The van der Waals surface area contributed by atoms with Crippen LogP contribution in [0.4, 0.5) is 23.7 Å². The van der Waals surface area contributed by atoms with Crippen LogP contribution in [0.5, 0.6) is 0 Å². The van der Waals surface area contributed by atoms with Gasteiger partial charge < -0.3 is 15.1 Å². The van der Waals surface area contributed by atoms with Gasteiger partial charge in [0.15, 0.2) is 5.69 Å². The maximum absolute atomic E-state index is 12.7. The summed E-state index contributed by atoms with van der Waals surface area (Å²) in [7, 11) is 0. The molecule has 2 aromatic rings. The van der Waals surface area contributed by atoms with Crippen molar-refractivity contribution in [3.8, 4) is 0 Å². The van der Waals surface area contributed by atoms with Crippen molar-refractivity contribution < 1.29 is 22.8 Å². The van der Waals surface area contributed by atoms with Crippen molar-refractivity contribution in [2.24, 2.45) is 0 Å². The van der Waals surface area contributed by atoms with Crippen LogP contribution in [0.2, 0.25) is 0 Å². The molecule has 0 aliphatic carbocycles. The number of carbonyl (C=O) groups is 2. The molecule has 3 heterocycles. The maximum Gasteiger partial charge on any atom is 0.416 e. The van der Waals surface area contributed by atoms with Gasteiger partial charge in [-0.2, -0.15) is 18.3 Å². The third-order valence-corrected chi connectivity index (χ3v) is 5.45. The fraction of sp³-hybridized carbons (Fsp3) is 0.450. The summed E-state index contributed by atoms with van der Waals surface area (Å²) < 4.78 is 39.8. The Morgan fingerprint density at radius 1 is 0.933 bits per heavy atom. The molecule has 4 rings (SSSR count). The van der Waals surface area contributed by atoms with E-state index in [1.165, 1.54) is 12.1 Å². The summed E-state index contributed by atoms with van der Waals surface area (Å²) >= 11 is 0. The Labute approximate surface area is 171 Å². The van der Waals surface area contributed by atoms with Crippen LogP contribution in [0, 0.1) is 0 Å². The fourth-order valence-electron chi connectivity index (χ4n) is 3.74. The van der Waals surface area contributed by atoms with Gasteiger partial charge in [0, 0.05) is 44.1 Å². The molecule has 0 bridgehead atoms. The molecule has 0 unspecified atom stereocenters. The van der Waals surface area contributed by atoms with Crippen LogP contribution in [0.25, 0.3) is 0 Å². The van der Waals surface area contributed by atoms with Gasteiger partial charge in [-0.25, -0.2) is 4.79 Å². The van der Waals surface area contributed by atoms with Gasteiger partial charge in [-0.05, 0) is 49.6 Å². The number of nitrogens with zero attached hydrogens (tertiary/aromatic N) is 4. The number of nitrogens with one attached hydrogen (secondary N) is 1. The summed E-state index contributed by atoms with van der Waals surface area (Å²) in [5.74, 6) is -0.139. The van der Waals surface area contributed by atoms with Crippen molar-refractivity contribution in [1.82, 2.24) is 19.6 Å². The number of halogens is 3. The minimum atomic E-state index is -4.42. The normalized spacial score (nSPS) is 16.9. The topological polar surface area (TPSA) is 70.5 Å². The maximum atomic E-state index is 12.7. The van der Waals surface area contributed by atoms with Crippen LogP contribution in [-0.4, -0.2) is 57.7 Å². The number of fused-ring (bicyclic) bond motifs is 1. The summed E-state index contributed by atoms with van der Waals surface area (Å²) in [6.45, 7) is 2.26. The number of hydrogen-bond acceptors (Lipinski definition) is 3. The summed E-state index contributed by atoms with van der Waals surface area (Å²) in [5.41, 5.74) is 1.04. The number of rotatable bonds is 2. The van der Waals surface area contributed by atoms with Crippen molar-refractivity contribution in [2.45, 2.75) is 32.0 Å². The van der Waals surface area contributed by atoms with Crippen LogP contribution in [0.15, 0.2) is 30.3 Å². The lowest BCUT2D eigenvalue weighted by atomic mass is 10.1. The Kier molecular flexibility index (Phi) is 5.40. The minimum Gasteiger partial charge on any atom is -0.334 e. The number of anilines is 1. The van der Waals surface area contributed by atoms with Crippen LogP contribution < -0.4 is 5.32 Å². The van der Waals surface area contributed by atoms with Gasteiger partial charge in [0.25, 0.3) is 5.91 Å². The molecule has 0 radical (unpaired) electrons. The fourth-order valence-corrected chi connectivity index (χ4v) is 3.74. The predicted molar refractivity (Wildman–Crippen MR) is 103 cm³/mol. The first-order chi connectivity index (χ1) is 14.3. The Morgan fingerprint density at radius 2 is 1.60 bits per heavy atom. The van der Waals surface area contributed by atoms with Crippen LogP contribution >= 0.6 is 0 Å². The predicted octanol–water partition coefficient (Wildman–Crippen LogP) is 3.23. The number of alkyl halides is 3. The van der Waals surface area contributed by atoms with E-state index in [4.69, 9.17) is 0 Å². The lowest BCUT2D eigenvalue weighted by molar-refractivity contribution is -0.137. The molecule has 30 heavy (non-hydrogen) atoms. The molecule has 1 fully saturated rings. The quantitative estimate of drug-likeness (QED) is 0.810. The zero-order valence-corrected chi connectivity index (χ0v) is 16.3. The second-order valence-corrected chi connectivity index (χ2v) is 7.49. The van der Waals surface area contributed by atoms with E-state index in [1.54, 1.807) is 9.80 Å². The average Bonchev–Trinajstić information content (AvgIpc) is 3.17. The van der Waals surface area contributed by atoms with Gasteiger partial charge in [-0.15, -0.1) is 0 Å². The molecule has 0 atom stereocenters. The van der Waals surface area contributed by atoms with Gasteiger partial charge in [-0.1, -0.05) is 0 Å². The van der Waals surface area contributed by atoms with Crippen molar-refractivity contribution >= 4 is 17.6 Å². The van der Waals surface area contributed by atoms with Gasteiger partial charge in [0.05, 0.1) is 5.56 Å². The lowest BCUT2D eigenvalue weighted by Crippen LogP contribution is -2.51. The summed E-state index contributed by atoms with van der Waals surface area (Å²) in [4.78, 5) is 28.4. The molecule has 10 heteroatoms. The summed E-state index contributed by atoms with van der Waals surface area (Å²) in [6.07, 6.45) is -1.32. The Bertz CT molecular complexity index is 907. The van der Waals surface area contributed by atoms with Crippen molar-refractivity contribution in [2.75, 3.05) is 31.5 Å². The first-order valence-electron chi connectivity index (χ1n) is 9.90. The van der Waals surface area contributed by atoms with Gasteiger partial charge >= 0.3 is 12.2 Å². The van der Waals surface area contributed by atoms with Crippen molar-refractivity contribution in [3.05, 3.63) is 47.3 Å². The molecule has 2 aliphatic rings. The van der Waals surface area contributed by atoms with Gasteiger partial charge in [-0.3, -0.25) is 9.48 Å². The molecule has 1 N–H and O–H groups in total. The highest BCUT2D eigenvalue weighted by Crippen LogP contribution is 2.29. The highest BCUT2D eigenvalue weighted by atomic mass is 19.4. The molecule has 1 saturated heterocycles. The molecule has 0 spiro atoms. The van der Waals surface area contributed by atoms with Crippen LogP contribution in [0.3, 0.4) is 0 Å². The minimum absolute atomic E-state index is 0.139. The molecule has 3 amide bonds. The molecule has 1 aromatic heterocycles. The first-order valence-corrected chi connectivity index (χ1v) is 9.90. The molecule has 2 aliphatic heterocycles. The van der Waals surface area contributed by atoms with Crippen LogP contribution in [0.1, 0.15) is 34.6 Å². The summed E-state index contributed by atoms with van der Waals surface area (Å²) in [5, 5.41) is 7.01. The smallest absolute Gasteiger partial charge is 0.334 e. The van der Waals surface area contributed by atoms with E-state index in [1.807, 2.05) is 10.7 Å². The molecule has 0 saturated carbocycles. The Balaban J connectivity index is 1.31. The molecular weight excluding hydrogens is 399 g/mol. The number of aromatic nitrogens is 2. The zero-order valence-electron chi connectivity index (χ0n) is 16.3. The Morgan fingerprint density at radius 3 is 2.23 bits per heavy atom. The lowest BCUT2D eigenvalue weighted by Gasteiger charge is -2.34. The SMILES string of the molecule is O=C(Nc1ccc(C(F)(F)F)cc1)N1CCN(C(=O)c2cc3n(n2)CCCC3)CC1. The van der Waals surface area contributed by atoms with Crippen molar-refractivity contribution in [1.29, 1.82) is 0 Å². The van der Waals surface area contributed by atoms with E-state index in [2.05, 4.69) is 10.4 Å². The second-order valence-electron chi connectivity index (χ2n) is 7.49. The molecular formula is C20H22F3N5O2. The van der Waals surface area contributed by atoms with Gasteiger partial charge in [0.1, 0.15) is 0 Å². The second kappa shape index (κ2) is 8.00. The average molecular weight is 421 g/mol. The number of hydrogen-bond donors (Lipinski definition) is 1. The number of amides is 3. The third kappa shape index (κ3) is 4.27.